The van der Waals surface area contributed by atoms with Crippen LogP contribution in [0.4, 0.5) is 0 Å². The molecule has 1 fully saturated rings. The van der Waals surface area contributed by atoms with Gasteiger partial charge in [0.05, 0.1) is 17.2 Å². The fourth-order valence-electron chi connectivity index (χ4n) is 3.06. The average molecular weight is 356 g/mol. The zero-order chi connectivity index (χ0) is 15.3. The van der Waals surface area contributed by atoms with E-state index in [0.717, 1.165) is 42.5 Å². The minimum absolute atomic E-state index is 0.0155. The van der Waals surface area contributed by atoms with Crippen LogP contribution in [0.3, 0.4) is 0 Å². The van der Waals surface area contributed by atoms with Crippen molar-refractivity contribution in [1.29, 1.82) is 0 Å². The molecular formula is C17H26BrNO2. The third-order valence-corrected chi connectivity index (χ3v) is 5.16. The molecular weight excluding hydrogens is 330 g/mol. The Hall–Kier alpha value is -0.580. The fraction of sp³-hybridized carbons (Fsp3) is 0.647. The zero-order valence-corrected chi connectivity index (χ0v) is 14.8. The predicted octanol–water partition coefficient (Wildman–Crippen LogP) is 3.94. The molecule has 1 atom stereocenters. The summed E-state index contributed by atoms with van der Waals surface area (Å²) in [7, 11) is 3.55. The second-order valence-electron chi connectivity index (χ2n) is 5.80. The Bertz CT molecular complexity index is 455. The van der Waals surface area contributed by atoms with E-state index >= 15 is 0 Å². The van der Waals surface area contributed by atoms with Gasteiger partial charge in [-0.25, -0.2) is 0 Å². The monoisotopic (exact) mass is 355 g/mol. The minimum atomic E-state index is 0.0155. The van der Waals surface area contributed by atoms with E-state index in [1.807, 2.05) is 13.2 Å². The van der Waals surface area contributed by atoms with E-state index in [2.05, 4.69) is 40.3 Å². The van der Waals surface area contributed by atoms with Gasteiger partial charge in [-0.05, 0) is 72.3 Å². The van der Waals surface area contributed by atoms with E-state index in [1.165, 1.54) is 12.0 Å². The SMILES string of the molecule is CCCNC(Cc1ccc(OC)c(Br)c1)C1(OC)CCC1. The first-order valence-electron chi connectivity index (χ1n) is 7.76. The first-order chi connectivity index (χ1) is 10.1. The van der Waals surface area contributed by atoms with Crippen molar-refractivity contribution in [3.63, 3.8) is 0 Å². The topological polar surface area (TPSA) is 30.5 Å². The average Bonchev–Trinajstić information content (AvgIpc) is 2.44. The molecule has 0 bridgehead atoms. The Morgan fingerprint density at radius 3 is 2.57 bits per heavy atom. The van der Waals surface area contributed by atoms with Crippen molar-refractivity contribution in [2.24, 2.45) is 0 Å². The molecule has 21 heavy (non-hydrogen) atoms. The standard InChI is InChI=1S/C17H26BrNO2/c1-4-10-19-16(17(21-3)8-5-9-17)12-13-6-7-15(20-2)14(18)11-13/h6-7,11,16,19H,4-5,8-10,12H2,1-3H3. The number of halogens is 1. The molecule has 0 aliphatic heterocycles. The summed E-state index contributed by atoms with van der Waals surface area (Å²) in [4.78, 5) is 0. The Kier molecular flexibility index (Phi) is 6.08. The number of benzene rings is 1. The molecule has 0 heterocycles. The predicted molar refractivity (Wildman–Crippen MR) is 90.1 cm³/mol. The highest BCUT2D eigenvalue weighted by Crippen LogP contribution is 2.39. The largest absolute Gasteiger partial charge is 0.496 e. The maximum atomic E-state index is 5.88. The van der Waals surface area contributed by atoms with Crippen LogP contribution in [0, 0.1) is 0 Å². The highest BCUT2D eigenvalue weighted by Gasteiger charge is 2.44. The molecule has 1 aliphatic carbocycles. The summed E-state index contributed by atoms with van der Waals surface area (Å²) in [6, 6.07) is 6.70. The number of methoxy groups -OCH3 is 2. The molecule has 1 aliphatic rings. The van der Waals surface area contributed by atoms with Crippen LogP contribution >= 0.6 is 15.9 Å². The van der Waals surface area contributed by atoms with Gasteiger partial charge in [-0.3, -0.25) is 0 Å². The van der Waals surface area contributed by atoms with Gasteiger partial charge >= 0.3 is 0 Å². The molecule has 2 rings (SSSR count). The Labute approximate surface area is 136 Å². The van der Waals surface area contributed by atoms with Crippen LogP contribution in [-0.4, -0.2) is 32.4 Å². The molecule has 0 aromatic heterocycles. The molecule has 118 valence electrons. The van der Waals surface area contributed by atoms with Gasteiger partial charge < -0.3 is 14.8 Å². The number of hydrogen-bond acceptors (Lipinski definition) is 3. The van der Waals surface area contributed by atoms with Gasteiger partial charge in [-0.2, -0.15) is 0 Å². The van der Waals surface area contributed by atoms with Gasteiger partial charge in [0.15, 0.2) is 0 Å². The number of rotatable bonds is 8. The van der Waals surface area contributed by atoms with Crippen LogP contribution in [0.5, 0.6) is 5.75 Å². The summed E-state index contributed by atoms with van der Waals surface area (Å²) < 4.78 is 12.2. The molecule has 1 N–H and O–H groups in total. The lowest BCUT2D eigenvalue weighted by atomic mass is 9.72. The van der Waals surface area contributed by atoms with Gasteiger partial charge in [0, 0.05) is 13.2 Å². The van der Waals surface area contributed by atoms with Crippen LogP contribution in [0.15, 0.2) is 22.7 Å². The fourth-order valence-corrected chi connectivity index (χ4v) is 3.64. The lowest BCUT2D eigenvalue weighted by Crippen LogP contribution is -2.57. The van der Waals surface area contributed by atoms with Crippen molar-refractivity contribution in [3.8, 4) is 5.75 Å². The molecule has 1 aromatic rings. The summed E-state index contributed by atoms with van der Waals surface area (Å²) in [5.74, 6) is 0.877. The maximum absolute atomic E-state index is 5.88. The molecule has 0 saturated heterocycles. The molecule has 0 amide bonds. The van der Waals surface area contributed by atoms with Gasteiger partial charge in [-0.1, -0.05) is 13.0 Å². The Morgan fingerprint density at radius 1 is 1.33 bits per heavy atom. The zero-order valence-electron chi connectivity index (χ0n) is 13.2. The van der Waals surface area contributed by atoms with Crippen LogP contribution in [0.25, 0.3) is 0 Å². The van der Waals surface area contributed by atoms with Gasteiger partial charge in [0.25, 0.3) is 0 Å². The van der Waals surface area contributed by atoms with Crippen molar-refractivity contribution < 1.29 is 9.47 Å². The molecule has 1 aromatic carbocycles. The number of nitrogens with one attached hydrogen (secondary N) is 1. The summed E-state index contributed by atoms with van der Waals surface area (Å²) in [6.07, 6.45) is 5.70. The third-order valence-electron chi connectivity index (χ3n) is 4.54. The number of ether oxygens (including phenoxy) is 2. The lowest BCUT2D eigenvalue weighted by molar-refractivity contribution is -0.0980. The highest BCUT2D eigenvalue weighted by molar-refractivity contribution is 9.10. The first-order valence-corrected chi connectivity index (χ1v) is 8.55. The number of hydrogen-bond donors (Lipinski definition) is 1. The second-order valence-corrected chi connectivity index (χ2v) is 6.66. The van der Waals surface area contributed by atoms with E-state index < -0.39 is 0 Å². The van der Waals surface area contributed by atoms with Crippen molar-refractivity contribution in [2.45, 2.75) is 50.7 Å². The summed E-state index contributed by atoms with van der Waals surface area (Å²) >= 11 is 3.57. The smallest absolute Gasteiger partial charge is 0.133 e. The molecule has 0 spiro atoms. The van der Waals surface area contributed by atoms with Crippen LogP contribution in [0.1, 0.15) is 38.2 Å². The summed E-state index contributed by atoms with van der Waals surface area (Å²) in [5.41, 5.74) is 1.32. The molecule has 4 heteroatoms. The van der Waals surface area contributed by atoms with Crippen LogP contribution in [-0.2, 0) is 11.2 Å². The summed E-state index contributed by atoms with van der Waals surface area (Å²) in [6.45, 7) is 3.24. The quantitative estimate of drug-likeness (QED) is 0.765. The highest BCUT2D eigenvalue weighted by atomic mass is 79.9. The van der Waals surface area contributed by atoms with Crippen LogP contribution < -0.4 is 10.1 Å². The normalized spacial score (nSPS) is 18.1. The maximum Gasteiger partial charge on any atom is 0.133 e. The van der Waals surface area contributed by atoms with E-state index in [9.17, 15) is 0 Å². The molecule has 1 saturated carbocycles. The first kappa shape index (κ1) is 16.8. The van der Waals surface area contributed by atoms with Gasteiger partial charge in [-0.15, -0.1) is 0 Å². The van der Waals surface area contributed by atoms with Gasteiger partial charge in [0.2, 0.25) is 0 Å². The Morgan fingerprint density at radius 2 is 2.10 bits per heavy atom. The minimum Gasteiger partial charge on any atom is -0.496 e. The van der Waals surface area contributed by atoms with Crippen molar-refractivity contribution in [1.82, 2.24) is 5.32 Å². The van der Waals surface area contributed by atoms with E-state index in [4.69, 9.17) is 9.47 Å². The van der Waals surface area contributed by atoms with Gasteiger partial charge in [0.1, 0.15) is 5.75 Å². The van der Waals surface area contributed by atoms with E-state index in [1.54, 1.807) is 7.11 Å². The molecule has 0 radical (unpaired) electrons. The van der Waals surface area contributed by atoms with E-state index in [0.29, 0.717) is 6.04 Å². The third kappa shape index (κ3) is 3.79. The Balaban J connectivity index is 2.12. The van der Waals surface area contributed by atoms with E-state index in [-0.39, 0.29) is 5.60 Å². The lowest BCUT2D eigenvalue weighted by Gasteiger charge is -2.47. The van der Waals surface area contributed by atoms with Crippen molar-refractivity contribution in [2.75, 3.05) is 20.8 Å². The van der Waals surface area contributed by atoms with Crippen molar-refractivity contribution >= 4 is 15.9 Å². The molecule has 3 nitrogen and oxygen atoms in total. The van der Waals surface area contributed by atoms with Crippen molar-refractivity contribution in [3.05, 3.63) is 28.2 Å². The molecule has 1 unspecified atom stereocenters. The summed E-state index contributed by atoms with van der Waals surface area (Å²) in [5, 5.41) is 3.69. The second kappa shape index (κ2) is 7.61. The van der Waals surface area contributed by atoms with Crippen LogP contribution in [0.2, 0.25) is 0 Å².